The molecule has 2 N–H and O–H groups in total. The van der Waals surface area contributed by atoms with Gasteiger partial charge < -0.3 is 10.6 Å². The monoisotopic (exact) mass is 248 g/mol. The summed E-state index contributed by atoms with van der Waals surface area (Å²) < 4.78 is 0. The Kier molecular flexibility index (Phi) is 5.67. The lowest BCUT2D eigenvalue weighted by atomic mass is 9.92. The third kappa shape index (κ3) is 3.49. The normalized spacial score (nSPS) is 11.3. The van der Waals surface area contributed by atoms with Gasteiger partial charge in [-0.1, -0.05) is 45.9 Å². The second-order valence-corrected chi connectivity index (χ2v) is 5.66. The van der Waals surface area contributed by atoms with Gasteiger partial charge in [-0.2, -0.15) is 0 Å². The van der Waals surface area contributed by atoms with Crippen molar-refractivity contribution in [3.05, 3.63) is 29.3 Å². The quantitative estimate of drug-likeness (QED) is 0.831. The van der Waals surface area contributed by atoms with Gasteiger partial charge in [0.15, 0.2) is 0 Å². The second kappa shape index (κ2) is 6.79. The predicted molar refractivity (Wildman–Crippen MR) is 81.6 cm³/mol. The van der Waals surface area contributed by atoms with E-state index in [9.17, 15) is 0 Å². The summed E-state index contributed by atoms with van der Waals surface area (Å²) in [5, 5.41) is 0. The van der Waals surface area contributed by atoms with Crippen LogP contribution in [0.25, 0.3) is 0 Å². The number of nitrogens with zero attached hydrogens (tertiary/aromatic N) is 1. The minimum absolute atomic E-state index is 0.555. The summed E-state index contributed by atoms with van der Waals surface area (Å²) in [6, 6.07) is 6.70. The highest BCUT2D eigenvalue weighted by atomic mass is 15.1. The van der Waals surface area contributed by atoms with Gasteiger partial charge >= 0.3 is 0 Å². The van der Waals surface area contributed by atoms with Crippen LogP contribution in [-0.2, 0) is 0 Å². The number of anilines is 1. The molecule has 1 aromatic rings. The van der Waals surface area contributed by atoms with Crippen molar-refractivity contribution in [2.75, 3.05) is 25.0 Å². The molecule has 0 saturated carbocycles. The first kappa shape index (κ1) is 15.0. The maximum Gasteiger partial charge on any atom is 0.0433 e. The molecule has 0 aliphatic rings. The van der Waals surface area contributed by atoms with Gasteiger partial charge in [-0.3, -0.25) is 0 Å². The van der Waals surface area contributed by atoms with Crippen LogP contribution in [0.3, 0.4) is 0 Å². The Labute approximate surface area is 112 Å². The van der Waals surface area contributed by atoms with Crippen molar-refractivity contribution < 1.29 is 0 Å². The third-order valence-corrected chi connectivity index (χ3v) is 3.42. The fourth-order valence-electron chi connectivity index (χ4n) is 2.39. The van der Waals surface area contributed by atoms with E-state index in [1.807, 2.05) is 0 Å². The van der Waals surface area contributed by atoms with Crippen LogP contribution in [0.15, 0.2) is 18.2 Å². The van der Waals surface area contributed by atoms with Gasteiger partial charge in [-0.15, -0.1) is 0 Å². The van der Waals surface area contributed by atoms with Crippen LogP contribution >= 0.6 is 0 Å². The molecule has 0 aromatic heterocycles. The van der Waals surface area contributed by atoms with E-state index < -0.39 is 0 Å². The zero-order valence-corrected chi connectivity index (χ0v) is 12.5. The van der Waals surface area contributed by atoms with E-state index in [0.717, 1.165) is 19.5 Å². The topological polar surface area (TPSA) is 29.3 Å². The van der Waals surface area contributed by atoms with Crippen LogP contribution in [0.4, 0.5) is 5.69 Å². The number of benzene rings is 1. The molecule has 0 saturated heterocycles. The number of para-hydroxylation sites is 1. The van der Waals surface area contributed by atoms with Crippen molar-refractivity contribution in [2.45, 2.75) is 46.0 Å². The van der Waals surface area contributed by atoms with Gasteiger partial charge in [0, 0.05) is 19.3 Å². The van der Waals surface area contributed by atoms with Gasteiger partial charge in [-0.05, 0) is 35.9 Å². The standard InChI is InChI=1S/C16H28N2/c1-12(2)14-8-6-9-15(13(3)4)16(14)18(5)11-7-10-17/h6,8-9,12-13H,7,10-11,17H2,1-5H3. The largest absolute Gasteiger partial charge is 0.374 e. The zero-order valence-electron chi connectivity index (χ0n) is 12.5. The van der Waals surface area contributed by atoms with Crippen LogP contribution in [0, 0.1) is 0 Å². The molecule has 0 atom stereocenters. The summed E-state index contributed by atoms with van der Waals surface area (Å²) in [7, 11) is 2.18. The first-order valence-corrected chi connectivity index (χ1v) is 7.03. The lowest BCUT2D eigenvalue weighted by Gasteiger charge is -2.28. The summed E-state index contributed by atoms with van der Waals surface area (Å²) in [5.41, 5.74) is 9.93. The molecule has 2 heteroatoms. The van der Waals surface area contributed by atoms with Crippen LogP contribution in [0.2, 0.25) is 0 Å². The Morgan fingerprint density at radius 1 is 1.06 bits per heavy atom. The molecule has 0 spiro atoms. The number of rotatable bonds is 6. The van der Waals surface area contributed by atoms with E-state index >= 15 is 0 Å². The number of hydrogen-bond donors (Lipinski definition) is 1. The second-order valence-electron chi connectivity index (χ2n) is 5.66. The predicted octanol–water partition coefficient (Wildman–Crippen LogP) is 3.72. The van der Waals surface area contributed by atoms with Crippen LogP contribution in [-0.4, -0.2) is 20.1 Å². The Hall–Kier alpha value is -1.02. The first-order valence-electron chi connectivity index (χ1n) is 7.03. The molecule has 0 radical (unpaired) electrons. The van der Waals surface area contributed by atoms with E-state index in [-0.39, 0.29) is 0 Å². The summed E-state index contributed by atoms with van der Waals surface area (Å²) in [5.74, 6) is 1.11. The Balaban J connectivity index is 3.17. The molecular weight excluding hydrogens is 220 g/mol. The molecule has 0 aliphatic heterocycles. The van der Waals surface area contributed by atoms with Crippen molar-refractivity contribution in [3.8, 4) is 0 Å². The van der Waals surface area contributed by atoms with Gasteiger partial charge in [0.05, 0.1) is 0 Å². The molecule has 0 amide bonds. The summed E-state index contributed by atoms with van der Waals surface area (Å²) in [6.45, 7) is 10.8. The molecule has 1 aromatic carbocycles. The minimum atomic E-state index is 0.555. The Bertz CT molecular complexity index is 343. The highest BCUT2D eigenvalue weighted by Gasteiger charge is 2.16. The third-order valence-electron chi connectivity index (χ3n) is 3.42. The van der Waals surface area contributed by atoms with Crippen molar-refractivity contribution in [1.82, 2.24) is 0 Å². The van der Waals surface area contributed by atoms with Crippen LogP contribution in [0.5, 0.6) is 0 Å². The lowest BCUT2D eigenvalue weighted by Crippen LogP contribution is -2.24. The average molecular weight is 248 g/mol. The molecule has 0 heterocycles. The lowest BCUT2D eigenvalue weighted by molar-refractivity contribution is 0.763. The summed E-state index contributed by atoms with van der Waals surface area (Å²) >= 11 is 0. The zero-order chi connectivity index (χ0) is 13.7. The molecule has 0 bridgehead atoms. The molecule has 0 aliphatic carbocycles. The average Bonchev–Trinajstić information content (AvgIpc) is 2.34. The Morgan fingerprint density at radius 3 is 1.94 bits per heavy atom. The van der Waals surface area contributed by atoms with Gasteiger partial charge in [0.2, 0.25) is 0 Å². The van der Waals surface area contributed by atoms with Gasteiger partial charge in [0.25, 0.3) is 0 Å². The number of hydrogen-bond acceptors (Lipinski definition) is 2. The van der Waals surface area contributed by atoms with Gasteiger partial charge in [-0.25, -0.2) is 0 Å². The SMILES string of the molecule is CC(C)c1cccc(C(C)C)c1N(C)CCCN. The molecule has 0 fully saturated rings. The fourth-order valence-corrected chi connectivity index (χ4v) is 2.39. The maximum absolute atomic E-state index is 5.62. The molecule has 0 unspecified atom stereocenters. The maximum atomic E-state index is 5.62. The highest BCUT2D eigenvalue weighted by molar-refractivity contribution is 5.61. The fraction of sp³-hybridized carbons (Fsp3) is 0.625. The van der Waals surface area contributed by atoms with Crippen LogP contribution in [0.1, 0.15) is 57.1 Å². The summed E-state index contributed by atoms with van der Waals surface area (Å²) in [6.07, 6.45) is 1.04. The van der Waals surface area contributed by atoms with E-state index in [0.29, 0.717) is 11.8 Å². The smallest absolute Gasteiger partial charge is 0.0433 e. The van der Waals surface area contributed by atoms with E-state index in [2.05, 4.69) is 57.8 Å². The minimum Gasteiger partial charge on any atom is -0.374 e. The van der Waals surface area contributed by atoms with E-state index in [4.69, 9.17) is 5.73 Å². The first-order chi connectivity index (χ1) is 8.49. The van der Waals surface area contributed by atoms with E-state index in [1.54, 1.807) is 0 Å². The van der Waals surface area contributed by atoms with E-state index in [1.165, 1.54) is 16.8 Å². The molecule has 18 heavy (non-hydrogen) atoms. The molecule has 1 rings (SSSR count). The Morgan fingerprint density at radius 2 is 1.56 bits per heavy atom. The summed E-state index contributed by atoms with van der Waals surface area (Å²) in [4.78, 5) is 2.37. The molecular formula is C16H28N2. The van der Waals surface area contributed by atoms with Crippen molar-refractivity contribution in [3.63, 3.8) is 0 Å². The van der Waals surface area contributed by atoms with Crippen LogP contribution < -0.4 is 10.6 Å². The van der Waals surface area contributed by atoms with Gasteiger partial charge in [0.1, 0.15) is 0 Å². The highest BCUT2D eigenvalue weighted by Crippen LogP contribution is 2.34. The van der Waals surface area contributed by atoms with Crippen molar-refractivity contribution in [2.24, 2.45) is 5.73 Å². The van der Waals surface area contributed by atoms with Crippen molar-refractivity contribution >= 4 is 5.69 Å². The van der Waals surface area contributed by atoms with Crippen molar-refractivity contribution in [1.29, 1.82) is 0 Å². The molecule has 102 valence electrons. The molecule has 2 nitrogen and oxygen atoms in total. The number of nitrogens with two attached hydrogens (primary N) is 1.